The Morgan fingerprint density at radius 1 is 1.30 bits per heavy atom. The molecule has 0 aliphatic heterocycles. The minimum absolute atomic E-state index is 0.0986. The Kier molecular flexibility index (Phi) is 6.37. The van der Waals surface area contributed by atoms with Gasteiger partial charge in [-0.2, -0.15) is 5.10 Å². The zero-order valence-electron chi connectivity index (χ0n) is 12.5. The number of thiocarbonyl (C=S) groups is 1. The van der Waals surface area contributed by atoms with Crippen molar-refractivity contribution in [1.29, 1.82) is 0 Å². The Labute approximate surface area is 148 Å². The van der Waals surface area contributed by atoms with Gasteiger partial charge in [0.25, 0.3) is 0 Å². The lowest BCUT2D eigenvalue weighted by molar-refractivity contribution is 0.284. The fraction of sp³-hybridized carbons (Fsp3) is 0.125. The molecule has 5 nitrogen and oxygen atoms in total. The molecule has 0 aliphatic carbocycles. The first-order valence-corrected chi connectivity index (χ1v) is 7.93. The predicted octanol–water partition coefficient (Wildman–Crippen LogP) is 3.20. The van der Waals surface area contributed by atoms with Crippen molar-refractivity contribution in [1.82, 2.24) is 5.43 Å². The third-order valence-electron chi connectivity index (χ3n) is 2.90. The first-order chi connectivity index (χ1) is 11.1. The van der Waals surface area contributed by atoms with Gasteiger partial charge in [0.2, 0.25) is 0 Å². The van der Waals surface area contributed by atoms with Crippen LogP contribution in [0.15, 0.2) is 52.0 Å². The van der Waals surface area contributed by atoms with Gasteiger partial charge in [0.05, 0.1) is 13.3 Å². The molecule has 0 unspecified atom stereocenters. The van der Waals surface area contributed by atoms with Gasteiger partial charge >= 0.3 is 0 Å². The molecule has 0 amide bonds. The van der Waals surface area contributed by atoms with Gasteiger partial charge in [-0.05, 0) is 42.0 Å². The molecule has 120 valence electrons. The molecule has 0 radical (unpaired) electrons. The summed E-state index contributed by atoms with van der Waals surface area (Å²) >= 11 is 8.12. The topological polar surface area (TPSA) is 68.9 Å². The molecule has 3 N–H and O–H groups in total. The van der Waals surface area contributed by atoms with Crippen LogP contribution in [0, 0.1) is 0 Å². The Bertz CT molecular complexity index is 705. The van der Waals surface area contributed by atoms with Crippen molar-refractivity contribution in [2.45, 2.75) is 6.61 Å². The first kappa shape index (κ1) is 17.2. The van der Waals surface area contributed by atoms with Gasteiger partial charge in [-0.25, -0.2) is 0 Å². The fourth-order valence-corrected chi connectivity index (χ4v) is 2.17. The maximum absolute atomic E-state index is 5.92. The van der Waals surface area contributed by atoms with Crippen LogP contribution in [0.25, 0.3) is 0 Å². The van der Waals surface area contributed by atoms with Crippen molar-refractivity contribution in [2.75, 3.05) is 7.11 Å². The minimum atomic E-state index is 0.0986. The van der Waals surface area contributed by atoms with Crippen molar-refractivity contribution in [3.05, 3.63) is 58.1 Å². The van der Waals surface area contributed by atoms with E-state index >= 15 is 0 Å². The number of halogens is 1. The van der Waals surface area contributed by atoms with Gasteiger partial charge in [0.15, 0.2) is 16.6 Å². The molecule has 0 atom stereocenters. The smallest absolute Gasteiger partial charge is 0.184 e. The van der Waals surface area contributed by atoms with Crippen molar-refractivity contribution < 1.29 is 9.47 Å². The van der Waals surface area contributed by atoms with Crippen molar-refractivity contribution in [3.8, 4) is 11.5 Å². The molecule has 7 heteroatoms. The standard InChI is InChI=1S/C16H16BrN3O2S/c1-21-14-4-2-3-12(9-19-20-16(18)23)15(14)22-10-11-5-7-13(17)8-6-11/h2-9H,10H2,1H3,(H3,18,20,23)/b19-9+. The number of hydrazone groups is 1. The van der Waals surface area contributed by atoms with E-state index in [9.17, 15) is 0 Å². The number of benzene rings is 2. The minimum Gasteiger partial charge on any atom is -0.493 e. The molecule has 0 spiro atoms. The molecule has 2 rings (SSSR count). The first-order valence-electron chi connectivity index (χ1n) is 6.73. The maximum Gasteiger partial charge on any atom is 0.184 e. The third kappa shape index (κ3) is 5.22. The summed E-state index contributed by atoms with van der Waals surface area (Å²) in [5, 5.41) is 4.06. The Morgan fingerprint density at radius 2 is 2.04 bits per heavy atom. The number of nitrogens with zero attached hydrogens (tertiary/aromatic N) is 1. The number of nitrogens with one attached hydrogen (secondary N) is 1. The average Bonchev–Trinajstić information content (AvgIpc) is 2.54. The second kappa shape index (κ2) is 8.50. The molecule has 2 aromatic rings. The number of para-hydroxylation sites is 1. The molecule has 0 saturated heterocycles. The second-order valence-corrected chi connectivity index (χ2v) is 5.88. The van der Waals surface area contributed by atoms with Crippen molar-refractivity contribution in [3.63, 3.8) is 0 Å². The van der Waals surface area contributed by atoms with Crippen LogP contribution in [0.2, 0.25) is 0 Å². The van der Waals surface area contributed by atoms with Crippen LogP contribution in [0.4, 0.5) is 0 Å². The van der Waals surface area contributed by atoms with Gasteiger partial charge in [0, 0.05) is 10.0 Å². The highest BCUT2D eigenvalue weighted by Crippen LogP contribution is 2.30. The Hall–Kier alpha value is -2.12. The van der Waals surface area contributed by atoms with E-state index in [0.717, 1.165) is 15.6 Å². The summed E-state index contributed by atoms with van der Waals surface area (Å²) in [6, 6.07) is 13.5. The SMILES string of the molecule is COc1cccc(/C=N/NC(N)=S)c1OCc1ccc(Br)cc1. The predicted molar refractivity (Wildman–Crippen MR) is 99.0 cm³/mol. The molecular formula is C16H16BrN3O2S. The summed E-state index contributed by atoms with van der Waals surface area (Å²) in [6.45, 7) is 0.414. The fourth-order valence-electron chi connectivity index (χ4n) is 1.85. The van der Waals surface area contributed by atoms with Crippen molar-refractivity contribution in [2.24, 2.45) is 10.8 Å². The Morgan fingerprint density at radius 3 is 2.70 bits per heavy atom. The van der Waals surface area contributed by atoms with Crippen LogP contribution >= 0.6 is 28.1 Å². The summed E-state index contributed by atoms with van der Waals surface area (Å²) in [6.07, 6.45) is 1.58. The van der Waals surface area contributed by atoms with Gasteiger partial charge in [-0.3, -0.25) is 5.43 Å². The summed E-state index contributed by atoms with van der Waals surface area (Å²) in [7, 11) is 1.59. The van der Waals surface area contributed by atoms with Crippen LogP contribution in [-0.4, -0.2) is 18.4 Å². The van der Waals surface area contributed by atoms with E-state index in [0.29, 0.717) is 18.1 Å². The number of rotatable bonds is 6. The lowest BCUT2D eigenvalue weighted by atomic mass is 10.2. The van der Waals surface area contributed by atoms with Crippen LogP contribution in [-0.2, 0) is 6.61 Å². The molecule has 0 heterocycles. The van der Waals surface area contributed by atoms with Crippen LogP contribution in [0.3, 0.4) is 0 Å². The third-order valence-corrected chi connectivity index (χ3v) is 3.52. The molecule has 2 aromatic carbocycles. The van der Waals surface area contributed by atoms with E-state index in [4.69, 9.17) is 27.4 Å². The molecule has 0 aromatic heterocycles. The van der Waals surface area contributed by atoms with Crippen molar-refractivity contribution >= 4 is 39.5 Å². The normalized spacial score (nSPS) is 10.5. The number of methoxy groups -OCH3 is 1. The van der Waals surface area contributed by atoms with E-state index in [1.54, 1.807) is 13.3 Å². The summed E-state index contributed by atoms with van der Waals surface area (Å²) in [5.74, 6) is 1.23. The lowest BCUT2D eigenvalue weighted by Gasteiger charge is -2.13. The van der Waals surface area contributed by atoms with E-state index in [2.05, 4.69) is 26.5 Å². The van der Waals surface area contributed by atoms with Crippen LogP contribution in [0.1, 0.15) is 11.1 Å². The highest BCUT2D eigenvalue weighted by molar-refractivity contribution is 9.10. The summed E-state index contributed by atoms with van der Waals surface area (Å²) < 4.78 is 12.3. The molecule has 0 bridgehead atoms. The molecule has 23 heavy (non-hydrogen) atoms. The van der Waals surface area contributed by atoms with E-state index in [1.807, 2.05) is 42.5 Å². The number of nitrogens with two attached hydrogens (primary N) is 1. The average molecular weight is 394 g/mol. The maximum atomic E-state index is 5.92. The van der Waals surface area contributed by atoms with Gasteiger partial charge in [0.1, 0.15) is 6.61 Å². The quantitative estimate of drug-likeness (QED) is 0.448. The monoisotopic (exact) mass is 393 g/mol. The zero-order chi connectivity index (χ0) is 16.7. The van der Waals surface area contributed by atoms with Crippen LogP contribution < -0.4 is 20.6 Å². The summed E-state index contributed by atoms with van der Waals surface area (Å²) in [4.78, 5) is 0. The van der Waals surface area contributed by atoms with Crippen LogP contribution in [0.5, 0.6) is 11.5 Å². The number of hydrogen-bond acceptors (Lipinski definition) is 4. The highest BCUT2D eigenvalue weighted by atomic mass is 79.9. The highest BCUT2D eigenvalue weighted by Gasteiger charge is 2.09. The van der Waals surface area contributed by atoms with Gasteiger partial charge in [-0.15, -0.1) is 0 Å². The number of hydrogen-bond donors (Lipinski definition) is 2. The Balaban J connectivity index is 2.19. The molecule has 0 saturated carbocycles. The largest absolute Gasteiger partial charge is 0.493 e. The zero-order valence-corrected chi connectivity index (χ0v) is 14.9. The molecule has 0 fully saturated rings. The lowest BCUT2D eigenvalue weighted by Crippen LogP contribution is -2.24. The van der Waals surface area contributed by atoms with Gasteiger partial charge < -0.3 is 15.2 Å². The molecular weight excluding hydrogens is 378 g/mol. The molecule has 0 aliphatic rings. The summed E-state index contributed by atoms with van der Waals surface area (Å²) in [5.41, 5.74) is 9.66. The van der Waals surface area contributed by atoms with Gasteiger partial charge in [-0.1, -0.05) is 34.1 Å². The second-order valence-electron chi connectivity index (χ2n) is 4.53. The van der Waals surface area contributed by atoms with E-state index < -0.39 is 0 Å². The van der Waals surface area contributed by atoms with E-state index in [-0.39, 0.29) is 5.11 Å². The number of ether oxygens (including phenoxy) is 2. The van der Waals surface area contributed by atoms with E-state index in [1.165, 1.54) is 0 Å².